The Labute approximate surface area is 145 Å². The summed E-state index contributed by atoms with van der Waals surface area (Å²) in [7, 11) is 0. The summed E-state index contributed by atoms with van der Waals surface area (Å²) >= 11 is -5.88. The van der Waals surface area contributed by atoms with Crippen LogP contribution in [-0.2, 0) is 3.74 Å². The third-order valence-corrected chi connectivity index (χ3v) is 0. The Morgan fingerprint density at radius 3 is 0.889 bits per heavy atom. The summed E-state index contributed by atoms with van der Waals surface area (Å²) in [5, 5.41) is 0. The third kappa shape index (κ3) is 71.4. The van der Waals surface area contributed by atoms with Crippen molar-refractivity contribution in [2.24, 2.45) is 0 Å². The van der Waals surface area contributed by atoms with Gasteiger partial charge in [-0.1, -0.05) is 0 Å². The molecule has 0 heterocycles. The molecule has 34 valence electrons. The van der Waals surface area contributed by atoms with Crippen molar-refractivity contribution in [3.05, 3.63) is 0 Å². The second-order valence-electron chi connectivity index (χ2n) is 0.447. The predicted molar refractivity (Wildman–Crippen MR) is 13.6 cm³/mol. The van der Waals surface area contributed by atoms with Crippen molar-refractivity contribution in [3.8, 4) is 0 Å². The molecule has 9 heteroatoms. The normalized spacial score (nSPS) is 6.56. The number of hydrogen-bond donors (Lipinski definition) is 0. The minimum absolute atomic E-state index is 0. The average Bonchev–Trinajstić information content (AvgIpc) is 0.722. The fourth-order valence-corrected chi connectivity index (χ4v) is 0. The predicted octanol–water partition coefficient (Wildman–Crippen LogP) is -13.7. The van der Waals surface area contributed by atoms with E-state index in [4.69, 9.17) is 16.0 Å². The van der Waals surface area contributed by atoms with Crippen molar-refractivity contribution in [3.63, 3.8) is 0 Å². The first-order chi connectivity index (χ1) is 2.00. The van der Waals surface area contributed by atoms with Gasteiger partial charge in [-0.05, 0) is 0 Å². The summed E-state index contributed by atoms with van der Waals surface area (Å²) in [6, 6.07) is 0. The van der Waals surface area contributed by atoms with Gasteiger partial charge in [-0.3, -0.25) is 0 Å². The first kappa shape index (κ1) is 29.2. The van der Waals surface area contributed by atoms with E-state index in [9.17, 15) is 0 Å². The Bertz CT molecular complexity index is 58.7. The van der Waals surface area contributed by atoms with E-state index < -0.39 is 14.5 Å². The van der Waals surface area contributed by atoms with Gasteiger partial charge in [-0.25, -0.2) is 0 Å². The van der Waals surface area contributed by atoms with Crippen LogP contribution in [0, 0.1) is 0 Å². The average molecular weight is 232 g/mol. The first-order valence-electron chi connectivity index (χ1n) is 0.730. The van der Waals surface area contributed by atoms with E-state index in [2.05, 4.69) is 0 Å². The maximum absolute atomic E-state index is 8.61. The van der Waals surface area contributed by atoms with E-state index in [0.717, 1.165) is 0 Å². The van der Waals surface area contributed by atoms with Gasteiger partial charge >= 0.3 is 149 Å². The molecule has 0 spiro atoms. The van der Waals surface area contributed by atoms with E-state index in [1.54, 1.807) is 0 Å². The molecule has 0 amide bonds. The van der Waals surface area contributed by atoms with Crippen molar-refractivity contribution >= 4 is 44.1 Å². The van der Waals surface area contributed by atoms with E-state index in [-0.39, 0.29) is 118 Å². The molecule has 0 saturated carbocycles. The van der Waals surface area contributed by atoms with Crippen LogP contribution in [0.3, 0.4) is 0 Å². The molecular formula is HAsNa4O4. The molecule has 0 saturated heterocycles. The second kappa shape index (κ2) is 14.7. The van der Waals surface area contributed by atoms with Gasteiger partial charge in [0.1, 0.15) is 0 Å². The zero-order valence-corrected chi connectivity index (χ0v) is 13.0. The van der Waals surface area contributed by atoms with Gasteiger partial charge in [0, 0.05) is 0 Å². The van der Waals surface area contributed by atoms with E-state index >= 15 is 0 Å². The van der Waals surface area contributed by atoms with Crippen LogP contribution in [0.4, 0.5) is 0 Å². The van der Waals surface area contributed by atoms with Gasteiger partial charge in [-0.15, -0.1) is 0 Å². The topological polar surface area (TPSA) is 86.2 Å². The Balaban J connectivity index is -0.0000000133. The Hall–Kier alpha value is 4.24. The standard InChI is InChI=1S/AsH3O4.4Na.H/c2-1(3,4)5;;;;;/h(H3,2,3,4,5);;;;;/q;;3*+1;/p-3. The van der Waals surface area contributed by atoms with E-state index in [0.29, 0.717) is 0 Å². The van der Waals surface area contributed by atoms with Gasteiger partial charge in [-0.2, -0.15) is 0 Å². The molecular weight excluding hydrogens is 231 g/mol. The molecule has 0 aromatic heterocycles. The molecule has 0 atom stereocenters. The molecule has 4 nitrogen and oxygen atoms in total. The number of rotatable bonds is 0. The molecule has 0 aliphatic carbocycles. The molecule has 0 aliphatic heterocycles. The summed E-state index contributed by atoms with van der Waals surface area (Å²) in [5.74, 6) is 0. The van der Waals surface area contributed by atoms with Crippen molar-refractivity contribution in [1.29, 1.82) is 0 Å². The van der Waals surface area contributed by atoms with Gasteiger partial charge < -0.3 is 0 Å². The van der Waals surface area contributed by atoms with Crippen LogP contribution in [0.25, 0.3) is 0 Å². The first-order valence-corrected chi connectivity index (χ1v) is 3.79. The summed E-state index contributed by atoms with van der Waals surface area (Å²) in [6.45, 7) is 0. The van der Waals surface area contributed by atoms with E-state index in [1.165, 1.54) is 0 Å². The Morgan fingerprint density at radius 1 is 0.889 bits per heavy atom. The minimum atomic E-state index is -5.88. The van der Waals surface area contributed by atoms with Gasteiger partial charge in [0.25, 0.3) is 0 Å². The van der Waals surface area contributed by atoms with Crippen molar-refractivity contribution in [2.75, 3.05) is 0 Å². The molecule has 0 fully saturated rings. The van der Waals surface area contributed by atoms with Crippen LogP contribution < -0.4 is 101 Å². The summed E-state index contributed by atoms with van der Waals surface area (Å²) in [5.41, 5.74) is 0. The second-order valence-corrected chi connectivity index (χ2v) is 2.32. The molecule has 9 heavy (non-hydrogen) atoms. The molecule has 0 radical (unpaired) electrons. The van der Waals surface area contributed by atoms with Gasteiger partial charge in [0.05, 0.1) is 0 Å². The molecule has 0 aliphatic rings. The SMILES string of the molecule is O=[As]([O-])([O-])[O-].[Na+].[Na+].[Na+].[NaH]. The van der Waals surface area contributed by atoms with Crippen molar-refractivity contribution in [2.45, 2.75) is 0 Å². The zero-order valence-electron chi connectivity index (χ0n) is 5.08. The monoisotopic (exact) mass is 232 g/mol. The summed E-state index contributed by atoms with van der Waals surface area (Å²) < 4.78 is 34.4. The number of hydrogen-bond acceptors (Lipinski definition) is 4. The van der Waals surface area contributed by atoms with Crippen LogP contribution in [-0.4, -0.2) is 44.1 Å². The summed E-state index contributed by atoms with van der Waals surface area (Å²) in [6.07, 6.45) is 0. The van der Waals surface area contributed by atoms with Crippen molar-refractivity contribution in [1.82, 2.24) is 0 Å². The molecule has 0 aromatic carbocycles. The molecule has 0 unspecified atom stereocenters. The molecule has 0 aromatic rings. The molecule has 0 rings (SSSR count). The fraction of sp³-hybridized carbons (Fsp3) is 0. The van der Waals surface area contributed by atoms with Crippen LogP contribution in [0.1, 0.15) is 0 Å². The van der Waals surface area contributed by atoms with Crippen LogP contribution in [0.2, 0.25) is 0 Å². The third-order valence-electron chi connectivity index (χ3n) is 0. The molecule has 0 N–H and O–H groups in total. The van der Waals surface area contributed by atoms with Crippen molar-refractivity contribution < 1.29 is 105 Å². The fourth-order valence-electron chi connectivity index (χ4n) is 0. The van der Waals surface area contributed by atoms with Crippen LogP contribution in [0.15, 0.2) is 0 Å². The Kier molecular flexibility index (Phi) is 47.9. The quantitative estimate of drug-likeness (QED) is 0.388. The van der Waals surface area contributed by atoms with Crippen LogP contribution >= 0.6 is 0 Å². The van der Waals surface area contributed by atoms with Gasteiger partial charge in [0.2, 0.25) is 0 Å². The molecule has 0 bridgehead atoms. The van der Waals surface area contributed by atoms with Crippen LogP contribution in [0.5, 0.6) is 0 Å². The van der Waals surface area contributed by atoms with Gasteiger partial charge in [0.15, 0.2) is 0 Å². The van der Waals surface area contributed by atoms with E-state index in [1.807, 2.05) is 0 Å². The Morgan fingerprint density at radius 2 is 0.889 bits per heavy atom. The summed E-state index contributed by atoms with van der Waals surface area (Å²) in [4.78, 5) is 0. The maximum atomic E-state index is 8.61. The zero-order chi connectivity index (χ0) is 4.50.